The summed E-state index contributed by atoms with van der Waals surface area (Å²) in [6, 6.07) is 8.81. The fourth-order valence-corrected chi connectivity index (χ4v) is 7.83. The van der Waals surface area contributed by atoms with Crippen LogP contribution in [0.15, 0.2) is 67.4 Å². The van der Waals surface area contributed by atoms with Gasteiger partial charge in [-0.15, -0.1) is 0 Å². The molecule has 2 aromatic heterocycles. The summed E-state index contributed by atoms with van der Waals surface area (Å²) in [5.41, 5.74) is 0.934. The fraction of sp³-hybridized carbons (Fsp3) is 0.578. The van der Waals surface area contributed by atoms with Crippen LogP contribution in [0, 0.1) is 11.8 Å². The van der Waals surface area contributed by atoms with E-state index in [0.29, 0.717) is 31.4 Å². The highest BCUT2D eigenvalue weighted by Gasteiger charge is 2.36. The number of aryl methyl sites for hydroxylation is 1. The van der Waals surface area contributed by atoms with Crippen molar-refractivity contribution in [3.8, 4) is 0 Å². The van der Waals surface area contributed by atoms with Gasteiger partial charge in [0, 0.05) is 43.5 Å². The summed E-state index contributed by atoms with van der Waals surface area (Å²) in [6.45, 7) is 4.24. The minimum atomic E-state index is -1.36. The van der Waals surface area contributed by atoms with Crippen molar-refractivity contribution in [2.75, 3.05) is 13.2 Å². The first-order valence-electron chi connectivity index (χ1n) is 21.7. The zero-order valence-electron chi connectivity index (χ0n) is 35.8. The van der Waals surface area contributed by atoms with E-state index in [1.807, 2.05) is 50.2 Å². The Hall–Kier alpha value is -5.19. The van der Waals surface area contributed by atoms with Gasteiger partial charge in [0.25, 0.3) is 0 Å². The molecule has 16 nitrogen and oxygen atoms in total. The van der Waals surface area contributed by atoms with Crippen molar-refractivity contribution in [3.05, 3.63) is 84.2 Å². The van der Waals surface area contributed by atoms with Gasteiger partial charge in [-0.25, -0.2) is 4.98 Å². The van der Waals surface area contributed by atoms with Crippen LogP contribution in [0.5, 0.6) is 0 Å². The molecule has 5 atom stereocenters. The number of carbonyl (C=O) groups is 5. The van der Waals surface area contributed by atoms with Gasteiger partial charge in [-0.3, -0.25) is 29.0 Å². The Kier molecular flexibility index (Phi) is 19.8. The summed E-state index contributed by atoms with van der Waals surface area (Å²) in [6.07, 6.45) is 11.7. The van der Waals surface area contributed by atoms with Crippen molar-refractivity contribution in [1.29, 1.82) is 0 Å². The summed E-state index contributed by atoms with van der Waals surface area (Å²) < 4.78 is 0. The van der Waals surface area contributed by atoms with Gasteiger partial charge in [-0.2, -0.15) is 0 Å². The Bertz CT molecular complexity index is 1780. The molecule has 0 spiro atoms. The second-order valence-electron chi connectivity index (χ2n) is 16.6. The predicted octanol–water partition coefficient (Wildman–Crippen LogP) is 2.18. The Labute approximate surface area is 358 Å². The molecule has 16 heteroatoms. The number of hydrogen-bond acceptors (Lipinski definition) is 10. The van der Waals surface area contributed by atoms with Crippen LogP contribution in [0.1, 0.15) is 102 Å². The van der Waals surface area contributed by atoms with Crippen LogP contribution >= 0.6 is 0 Å². The molecular formula is C45H66N8O8. The van der Waals surface area contributed by atoms with Crippen molar-refractivity contribution in [2.24, 2.45) is 11.8 Å². The lowest BCUT2D eigenvalue weighted by Crippen LogP contribution is -2.60. The zero-order chi connectivity index (χ0) is 44.2. The number of rotatable bonds is 25. The number of amides is 5. The van der Waals surface area contributed by atoms with E-state index in [1.54, 1.807) is 24.7 Å². The second-order valence-corrected chi connectivity index (χ2v) is 16.6. The minimum absolute atomic E-state index is 0.0180. The molecule has 0 radical (unpaired) electrons. The third-order valence-corrected chi connectivity index (χ3v) is 11.7. The SMILES string of the molecule is CCC(CC)[C@H](NC(=O)C[C@H](O)[C@H](CC1CCCCC1)NC(=O)[C@H](Cc1cnc[nH]1)NC(=O)[C@H](Cc1ccccc1)NC(=O)CCc1cccnc1)C(=O)NC(C)(CO)CO. The van der Waals surface area contributed by atoms with Gasteiger partial charge < -0.3 is 46.9 Å². The molecule has 0 bridgehead atoms. The number of aliphatic hydroxyl groups excluding tert-OH is 3. The van der Waals surface area contributed by atoms with E-state index in [-0.39, 0.29) is 37.0 Å². The Morgan fingerprint density at radius 2 is 1.46 bits per heavy atom. The number of aromatic amines is 1. The van der Waals surface area contributed by atoms with E-state index < -0.39 is 79.1 Å². The zero-order valence-corrected chi connectivity index (χ0v) is 35.8. The maximum absolute atomic E-state index is 14.4. The first-order valence-corrected chi connectivity index (χ1v) is 21.7. The topological polar surface area (TPSA) is 248 Å². The number of nitrogens with one attached hydrogen (secondary N) is 6. The Morgan fingerprint density at radius 3 is 2.08 bits per heavy atom. The number of aliphatic hydroxyl groups is 3. The number of hydrogen-bond donors (Lipinski definition) is 9. The quantitative estimate of drug-likeness (QED) is 0.0602. The Morgan fingerprint density at radius 1 is 0.787 bits per heavy atom. The molecule has 1 aliphatic rings. The third kappa shape index (κ3) is 16.0. The van der Waals surface area contributed by atoms with Crippen molar-refractivity contribution < 1.29 is 39.3 Å². The van der Waals surface area contributed by atoms with Crippen LogP contribution in [-0.2, 0) is 43.2 Å². The molecule has 1 saturated carbocycles. The molecular weight excluding hydrogens is 781 g/mol. The number of benzene rings is 1. The maximum atomic E-state index is 14.4. The van der Waals surface area contributed by atoms with E-state index in [1.165, 1.54) is 13.3 Å². The molecule has 334 valence electrons. The normalized spacial score (nSPS) is 15.8. The van der Waals surface area contributed by atoms with Crippen LogP contribution in [0.3, 0.4) is 0 Å². The molecule has 1 aliphatic carbocycles. The van der Waals surface area contributed by atoms with Crippen LogP contribution in [0.4, 0.5) is 0 Å². The molecule has 2 heterocycles. The number of nitrogens with zero attached hydrogens (tertiary/aromatic N) is 2. The first kappa shape index (κ1) is 48.5. The lowest BCUT2D eigenvalue weighted by molar-refractivity contribution is -0.134. The largest absolute Gasteiger partial charge is 0.394 e. The van der Waals surface area contributed by atoms with Gasteiger partial charge in [-0.05, 0) is 48.8 Å². The van der Waals surface area contributed by atoms with Crippen LogP contribution in [-0.4, -0.2) is 109 Å². The standard InChI is InChI=1S/C45H66N8O8/c1-4-33(5-2)41(44(61)53-45(3,27-54)28-55)52-40(58)24-38(56)35(21-30-13-8-6-9-14-30)50-43(60)37(23-34-26-47-29-48-34)51-42(59)36(22-31-15-10-7-11-16-31)49-39(57)19-18-32-17-12-20-46-25-32/h7,10-12,15-17,20,25-26,29-30,33,35-38,41,54-56H,4-6,8-9,13-14,18-19,21-24,27-28H2,1-3H3,(H,47,48)(H,49,57)(H,50,60)(H,51,59)(H,52,58)(H,53,61)/t35-,36-,37-,38-,41-/m0/s1. The third-order valence-electron chi connectivity index (χ3n) is 11.7. The monoisotopic (exact) mass is 847 g/mol. The van der Waals surface area contributed by atoms with Gasteiger partial charge in [0.1, 0.15) is 18.1 Å². The highest BCUT2D eigenvalue weighted by atomic mass is 16.3. The highest BCUT2D eigenvalue weighted by Crippen LogP contribution is 2.28. The van der Waals surface area contributed by atoms with E-state index in [0.717, 1.165) is 43.2 Å². The van der Waals surface area contributed by atoms with Gasteiger partial charge in [0.05, 0.1) is 43.6 Å². The first-order chi connectivity index (χ1) is 29.4. The second kappa shape index (κ2) is 24.9. The molecule has 61 heavy (non-hydrogen) atoms. The lowest BCUT2D eigenvalue weighted by Gasteiger charge is -2.33. The molecule has 5 amide bonds. The average Bonchev–Trinajstić information content (AvgIpc) is 3.79. The number of pyridine rings is 1. The molecule has 1 aromatic carbocycles. The smallest absolute Gasteiger partial charge is 0.243 e. The predicted molar refractivity (Wildman–Crippen MR) is 229 cm³/mol. The maximum Gasteiger partial charge on any atom is 0.243 e. The average molecular weight is 847 g/mol. The minimum Gasteiger partial charge on any atom is -0.394 e. The summed E-state index contributed by atoms with van der Waals surface area (Å²) in [5.74, 6) is -2.79. The highest BCUT2D eigenvalue weighted by molar-refractivity contribution is 5.93. The van der Waals surface area contributed by atoms with Gasteiger partial charge >= 0.3 is 0 Å². The fourth-order valence-electron chi connectivity index (χ4n) is 7.83. The molecule has 0 saturated heterocycles. The van der Waals surface area contributed by atoms with Crippen molar-refractivity contribution in [3.63, 3.8) is 0 Å². The number of carbonyl (C=O) groups excluding carboxylic acids is 5. The van der Waals surface area contributed by atoms with Gasteiger partial charge in [-0.1, -0.05) is 95.2 Å². The van der Waals surface area contributed by atoms with Gasteiger partial charge in [0.15, 0.2) is 0 Å². The summed E-state index contributed by atoms with van der Waals surface area (Å²) in [4.78, 5) is 80.1. The summed E-state index contributed by atoms with van der Waals surface area (Å²) in [7, 11) is 0. The molecule has 1 fully saturated rings. The molecule has 0 unspecified atom stereocenters. The van der Waals surface area contributed by atoms with E-state index in [2.05, 4.69) is 41.5 Å². The summed E-state index contributed by atoms with van der Waals surface area (Å²) in [5, 5.41) is 45.5. The van der Waals surface area contributed by atoms with Crippen LogP contribution < -0.4 is 26.6 Å². The van der Waals surface area contributed by atoms with E-state index >= 15 is 0 Å². The number of H-pyrrole nitrogens is 1. The molecule has 3 aromatic rings. The summed E-state index contributed by atoms with van der Waals surface area (Å²) >= 11 is 0. The molecule has 0 aliphatic heterocycles. The van der Waals surface area contributed by atoms with E-state index in [4.69, 9.17) is 0 Å². The number of imidazole rings is 1. The molecule has 9 N–H and O–H groups in total. The van der Waals surface area contributed by atoms with Crippen LogP contribution in [0.2, 0.25) is 0 Å². The van der Waals surface area contributed by atoms with Gasteiger partial charge in [0.2, 0.25) is 29.5 Å². The molecule has 4 rings (SSSR count). The van der Waals surface area contributed by atoms with E-state index in [9.17, 15) is 39.3 Å². The Balaban J connectivity index is 1.54. The number of aromatic nitrogens is 3. The van der Waals surface area contributed by atoms with Crippen molar-refractivity contribution >= 4 is 29.5 Å². The van der Waals surface area contributed by atoms with Crippen molar-refractivity contribution in [1.82, 2.24) is 41.5 Å². The lowest BCUT2D eigenvalue weighted by atomic mass is 9.83. The van der Waals surface area contributed by atoms with Crippen molar-refractivity contribution in [2.45, 2.75) is 140 Å². The van der Waals surface area contributed by atoms with Crippen LogP contribution in [0.25, 0.3) is 0 Å².